The Hall–Kier alpha value is -1.81. The van der Waals surface area contributed by atoms with Crippen molar-refractivity contribution in [3.8, 4) is 5.88 Å². The molecule has 0 amide bonds. The molecule has 0 saturated carbocycles. The van der Waals surface area contributed by atoms with Crippen molar-refractivity contribution >= 4 is 22.9 Å². The minimum absolute atomic E-state index is 0.0891. The molecule has 1 aromatic rings. The van der Waals surface area contributed by atoms with Crippen LogP contribution < -0.4 is 26.9 Å². The van der Waals surface area contributed by atoms with Crippen LogP contribution in [0.3, 0.4) is 0 Å². The number of anilines is 2. The van der Waals surface area contributed by atoms with Crippen LogP contribution in [0.25, 0.3) is 0 Å². The molecule has 1 unspecified atom stereocenters. The Morgan fingerprint density at radius 2 is 2.21 bits per heavy atom. The molecule has 1 aliphatic rings. The summed E-state index contributed by atoms with van der Waals surface area (Å²) in [7, 11) is 0. The molecule has 0 spiro atoms. The highest BCUT2D eigenvalue weighted by Gasteiger charge is 2.23. The van der Waals surface area contributed by atoms with E-state index in [1.54, 1.807) is 0 Å². The molecule has 1 aliphatic heterocycles. The van der Waals surface area contributed by atoms with E-state index in [1.165, 1.54) is 0 Å². The molecule has 10 heteroatoms. The van der Waals surface area contributed by atoms with Crippen LogP contribution >= 0.6 is 0 Å². The van der Waals surface area contributed by atoms with Crippen LogP contribution in [-0.4, -0.2) is 13.9 Å². The molecule has 2 rings (SSSR count). The molecule has 1 atom stereocenters. The van der Waals surface area contributed by atoms with Gasteiger partial charge in [-0.25, -0.2) is 4.79 Å². The Labute approximate surface area is 79.4 Å². The summed E-state index contributed by atoms with van der Waals surface area (Å²) in [6, 6.07) is 0. The van der Waals surface area contributed by atoms with E-state index in [0.717, 1.165) is 4.68 Å². The van der Waals surface area contributed by atoms with Gasteiger partial charge in [-0.05, 0) is 0 Å². The lowest BCUT2D eigenvalue weighted by Crippen LogP contribution is -2.38. The molecular weight excluding hydrogens is 214 g/mol. The van der Waals surface area contributed by atoms with Crippen molar-refractivity contribution in [1.82, 2.24) is 9.66 Å². The second-order valence-electron chi connectivity index (χ2n) is 2.30. The number of nitrogens with one attached hydrogen (secondary N) is 1. The van der Waals surface area contributed by atoms with Gasteiger partial charge in [0.25, 0.3) is 5.88 Å². The first-order chi connectivity index (χ1) is 6.59. The summed E-state index contributed by atoms with van der Waals surface area (Å²) < 4.78 is 20.5. The molecule has 0 fully saturated rings. The number of fused-ring (bicyclic) bond motifs is 1. The average Bonchev–Trinajstić information content (AvgIpc) is 2.14. The summed E-state index contributed by atoms with van der Waals surface area (Å²) in [6.07, 6.45) is 0. The Kier molecular flexibility index (Phi) is 1.79. The van der Waals surface area contributed by atoms with E-state index in [4.69, 9.17) is 11.5 Å². The molecule has 76 valence electrons. The number of hydrogen-bond donors (Lipinski definition) is 3. The Morgan fingerprint density at radius 1 is 1.50 bits per heavy atom. The van der Waals surface area contributed by atoms with Crippen molar-refractivity contribution < 1.29 is 12.7 Å². The van der Waals surface area contributed by atoms with Gasteiger partial charge in [0.1, 0.15) is 5.69 Å². The number of rotatable bonds is 0. The lowest BCUT2D eigenvalue weighted by atomic mass is 10.5. The summed E-state index contributed by atoms with van der Waals surface area (Å²) >= 11 is -2.06. The predicted molar refractivity (Wildman–Crippen MR) is 46.5 cm³/mol. The van der Waals surface area contributed by atoms with Crippen molar-refractivity contribution in [1.29, 1.82) is 0 Å². The minimum Gasteiger partial charge on any atom is -0.391 e. The van der Waals surface area contributed by atoms with Crippen LogP contribution in [0.5, 0.6) is 5.88 Å². The largest absolute Gasteiger partial charge is 0.391 e. The SMILES string of the molecule is Nc1nc(=O)n2c(c1N)OS(=O)ON2. The van der Waals surface area contributed by atoms with E-state index in [1.807, 2.05) is 5.59 Å². The fourth-order valence-corrected chi connectivity index (χ4v) is 1.30. The fourth-order valence-electron chi connectivity index (χ4n) is 0.842. The van der Waals surface area contributed by atoms with Gasteiger partial charge in [0, 0.05) is 0 Å². The van der Waals surface area contributed by atoms with Gasteiger partial charge in [-0.3, -0.25) is 0 Å². The molecule has 0 aliphatic carbocycles. The lowest BCUT2D eigenvalue weighted by molar-refractivity contribution is 0.274. The maximum absolute atomic E-state index is 11.1. The summed E-state index contributed by atoms with van der Waals surface area (Å²) in [6.45, 7) is 0. The third-order valence-corrected chi connectivity index (χ3v) is 1.96. The zero-order valence-electron chi connectivity index (χ0n) is 6.59. The zero-order chi connectivity index (χ0) is 10.3. The van der Waals surface area contributed by atoms with E-state index in [0.29, 0.717) is 0 Å². The normalized spacial score (nSPS) is 19.3. The molecule has 0 aromatic carbocycles. The smallest absolute Gasteiger partial charge is 0.386 e. The quantitative estimate of drug-likeness (QED) is 0.449. The van der Waals surface area contributed by atoms with Gasteiger partial charge < -0.3 is 15.7 Å². The van der Waals surface area contributed by atoms with Crippen molar-refractivity contribution in [2.45, 2.75) is 0 Å². The van der Waals surface area contributed by atoms with Crippen LogP contribution in [0.1, 0.15) is 0 Å². The molecule has 5 N–H and O–H groups in total. The van der Waals surface area contributed by atoms with E-state index in [9.17, 15) is 9.00 Å². The zero-order valence-corrected chi connectivity index (χ0v) is 7.41. The fraction of sp³-hybridized carbons (Fsp3) is 0. The van der Waals surface area contributed by atoms with Gasteiger partial charge >= 0.3 is 17.1 Å². The van der Waals surface area contributed by atoms with Crippen LogP contribution in [0, 0.1) is 0 Å². The van der Waals surface area contributed by atoms with Crippen LogP contribution in [0.4, 0.5) is 11.5 Å². The summed E-state index contributed by atoms with van der Waals surface area (Å²) in [5, 5.41) is 0. The summed E-state index contributed by atoms with van der Waals surface area (Å²) in [5.41, 5.74) is 11.9. The highest BCUT2D eigenvalue weighted by atomic mass is 32.2. The van der Waals surface area contributed by atoms with Gasteiger partial charge in [0.15, 0.2) is 5.82 Å². The Bertz CT molecular complexity index is 470. The van der Waals surface area contributed by atoms with E-state index >= 15 is 0 Å². The number of hydrogen-bond acceptors (Lipinski definition) is 8. The van der Waals surface area contributed by atoms with Gasteiger partial charge in [0.05, 0.1) is 0 Å². The van der Waals surface area contributed by atoms with Gasteiger partial charge in [-0.2, -0.15) is 14.8 Å². The molecule has 0 radical (unpaired) electrons. The first kappa shape index (κ1) is 8.77. The molecule has 0 saturated heterocycles. The van der Waals surface area contributed by atoms with Crippen molar-refractivity contribution in [2.24, 2.45) is 0 Å². The highest BCUT2D eigenvalue weighted by Crippen LogP contribution is 2.25. The van der Waals surface area contributed by atoms with Crippen LogP contribution in [0.2, 0.25) is 0 Å². The van der Waals surface area contributed by atoms with Gasteiger partial charge in [0.2, 0.25) is 0 Å². The molecule has 0 bridgehead atoms. The molecule has 2 heterocycles. The second-order valence-corrected chi connectivity index (χ2v) is 3.04. The maximum Gasteiger partial charge on any atom is 0.386 e. The van der Waals surface area contributed by atoms with Crippen molar-refractivity contribution in [3.63, 3.8) is 0 Å². The minimum atomic E-state index is -2.06. The number of nitrogens with two attached hydrogens (primary N) is 2. The second kappa shape index (κ2) is 2.85. The van der Waals surface area contributed by atoms with Crippen LogP contribution in [-0.2, 0) is 15.6 Å². The van der Waals surface area contributed by atoms with E-state index in [2.05, 4.69) is 13.5 Å². The maximum atomic E-state index is 11.1. The summed E-state index contributed by atoms with van der Waals surface area (Å²) in [4.78, 5) is 14.5. The number of nitrogens with zero attached hydrogens (tertiary/aromatic N) is 2. The van der Waals surface area contributed by atoms with Gasteiger partial charge in [-0.1, -0.05) is 0 Å². The highest BCUT2D eigenvalue weighted by molar-refractivity contribution is 7.75. The van der Waals surface area contributed by atoms with E-state index < -0.39 is 17.1 Å². The third-order valence-electron chi connectivity index (χ3n) is 1.46. The monoisotopic (exact) mass is 219 g/mol. The number of nitrogen functional groups attached to an aromatic ring is 2. The number of aromatic nitrogens is 2. The third kappa shape index (κ3) is 1.16. The molecule has 1 aromatic heterocycles. The lowest BCUT2D eigenvalue weighted by Gasteiger charge is -2.18. The predicted octanol–water partition coefficient (Wildman–Crippen LogP) is -2.15. The Morgan fingerprint density at radius 3 is 2.93 bits per heavy atom. The van der Waals surface area contributed by atoms with Crippen molar-refractivity contribution in [3.05, 3.63) is 10.5 Å². The van der Waals surface area contributed by atoms with E-state index in [-0.39, 0.29) is 17.4 Å². The van der Waals surface area contributed by atoms with Crippen LogP contribution in [0.15, 0.2) is 4.79 Å². The first-order valence-electron chi connectivity index (χ1n) is 3.31. The Balaban J connectivity index is 2.69. The van der Waals surface area contributed by atoms with Crippen molar-refractivity contribution in [2.75, 3.05) is 17.1 Å². The van der Waals surface area contributed by atoms with Gasteiger partial charge in [-0.15, -0.1) is 8.96 Å². The topological polar surface area (TPSA) is 134 Å². The summed E-state index contributed by atoms with van der Waals surface area (Å²) in [5.74, 6) is -0.381. The molecule has 14 heavy (non-hydrogen) atoms. The standard InChI is InChI=1S/C4H5N5O4S/c5-1-2(6)7-4(10)9-3(1)12-14(11)13-8-9/h8H,5H2,(H2,6,7,10). The molecule has 9 nitrogen and oxygen atoms in total. The average molecular weight is 219 g/mol. The first-order valence-corrected chi connectivity index (χ1v) is 4.31. The molecular formula is C4H5N5O4S.